The van der Waals surface area contributed by atoms with Gasteiger partial charge in [-0.15, -0.1) is 0 Å². The Hall–Kier alpha value is -2.92. The molecule has 0 radical (unpaired) electrons. The van der Waals surface area contributed by atoms with E-state index < -0.39 is 0 Å². The van der Waals surface area contributed by atoms with Crippen molar-refractivity contribution in [1.82, 2.24) is 14.9 Å². The zero-order valence-corrected chi connectivity index (χ0v) is 16.8. The fraction of sp³-hybridized carbons (Fsp3) is 0.304. The molecule has 0 bridgehead atoms. The van der Waals surface area contributed by atoms with Crippen molar-refractivity contribution in [3.8, 4) is 0 Å². The fourth-order valence-corrected chi connectivity index (χ4v) is 3.28. The first-order valence-electron chi connectivity index (χ1n) is 9.57. The topological polar surface area (TPSA) is 52.2 Å². The molecule has 5 heteroatoms. The van der Waals surface area contributed by atoms with Crippen LogP contribution in [0.5, 0.6) is 0 Å². The lowest BCUT2D eigenvalue weighted by Gasteiger charge is -2.29. The molecule has 146 valence electrons. The van der Waals surface area contributed by atoms with E-state index in [9.17, 15) is 4.79 Å². The molecule has 2 aromatic carbocycles. The largest absolute Gasteiger partial charge is 0.344 e. The number of rotatable bonds is 8. The molecule has 0 aliphatic carbocycles. The van der Waals surface area contributed by atoms with Crippen LogP contribution in [0.25, 0.3) is 0 Å². The minimum Gasteiger partial charge on any atom is -0.344 e. The average molecular weight is 377 g/mol. The molecule has 1 heterocycles. The Morgan fingerprint density at radius 1 is 0.929 bits per heavy atom. The van der Waals surface area contributed by atoms with Gasteiger partial charge in [-0.2, -0.15) is 4.98 Å². The van der Waals surface area contributed by atoms with Gasteiger partial charge in [0, 0.05) is 37.8 Å². The summed E-state index contributed by atoms with van der Waals surface area (Å²) in [5.74, 6) is 0.610. The van der Waals surface area contributed by atoms with E-state index in [4.69, 9.17) is 0 Å². The molecule has 1 aromatic heterocycles. The van der Waals surface area contributed by atoms with Gasteiger partial charge in [-0.1, -0.05) is 60.7 Å². The number of anilines is 1. The van der Waals surface area contributed by atoms with Gasteiger partial charge in [0.1, 0.15) is 0 Å². The lowest BCUT2D eigenvalue weighted by Crippen LogP contribution is -2.41. The first kappa shape index (κ1) is 19.8. The monoisotopic (exact) mass is 376 g/mol. The van der Waals surface area contributed by atoms with Crippen molar-refractivity contribution in [3.63, 3.8) is 0 Å². The lowest BCUT2D eigenvalue weighted by molar-refractivity contribution is 0.294. The predicted octanol–water partition coefficient (Wildman–Crippen LogP) is 2.97. The van der Waals surface area contributed by atoms with Crippen LogP contribution in [0.4, 0.5) is 5.95 Å². The van der Waals surface area contributed by atoms with E-state index in [2.05, 4.69) is 65.4 Å². The Morgan fingerprint density at radius 3 is 2.14 bits per heavy atom. The molecular weight excluding hydrogens is 348 g/mol. The molecular formula is C23H28N4O. The van der Waals surface area contributed by atoms with Crippen LogP contribution in [0.1, 0.15) is 16.8 Å². The maximum Gasteiger partial charge on any atom is 0.274 e. The Labute approximate surface area is 166 Å². The van der Waals surface area contributed by atoms with Crippen LogP contribution in [0.15, 0.2) is 71.5 Å². The molecule has 1 unspecified atom stereocenters. The van der Waals surface area contributed by atoms with Gasteiger partial charge in [-0.05, 0) is 31.6 Å². The minimum atomic E-state index is -0.212. The van der Waals surface area contributed by atoms with Crippen molar-refractivity contribution in [3.05, 3.63) is 93.9 Å². The van der Waals surface area contributed by atoms with Crippen molar-refractivity contribution in [2.45, 2.75) is 18.9 Å². The highest BCUT2D eigenvalue weighted by molar-refractivity contribution is 5.31. The number of hydrogen-bond donors (Lipinski definition) is 1. The zero-order valence-electron chi connectivity index (χ0n) is 16.8. The maximum absolute atomic E-state index is 12.1. The molecule has 3 aromatic rings. The van der Waals surface area contributed by atoms with Gasteiger partial charge in [-0.25, -0.2) is 0 Å². The summed E-state index contributed by atoms with van der Waals surface area (Å²) in [6, 6.07) is 22.5. The summed E-state index contributed by atoms with van der Waals surface area (Å²) in [6.45, 7) is 0.764. The Bertz CT molecular complexity index is 922. The molecule has 0 saturated heterocycles. The van der Waals surface area contributed by atoms with Gasteiger partial charge >= 0.3 is 0 Å². The highest BCUT2D eigenvalue weighted by atomic mass is 16.1. The number of H-pyrrole nitrogens is 1. The van der Waals surface area contributed by atoms with Crippen LogP contribution in [0, 0.1) is 0 Å². The highest BCUT2D eigenvalue weighted by Gasteiger charge is 2.17. The second-order valence-electron chi connectivity index (χ2n) is 7.42. The number of benzene rings is 2. The molecule has 0 saturated carbocycles. The van der Waals surface area contributed by atoms with E-state index in [1.54, 1.807) is 6.07 Å². The number of nitrogens with one attached hydrogen (secondary N) is 1. The molecule has 0 aliphatic rings. The maximum atomic E-state index is 12.1. The smallest absolute Gasteiger partial charge is 0.274 e. The van der Waals surface area contributed by atoms with Crippen molar-refractivity contribution < 1.29 is 0 Å². The van der Waals surface area contributed by atoms with E-state index in [0.717, 1.165) is 24.2 Å². The van der Waals surface area contributed by atoms with Crippen LogP contribution in [0.3, 0.4) is 0 Å². The van der Waals surface area contributed by atoms with Gasteiger partial charge in [0.05, 0.1) is 0 Å². The van der Waals surface area contributed by atoms with Gasteiger partial charge in [0.2, 0.25) is 5.95 Å². The molecule has 1 atom stereocenters. The number of likely N-dealkylation sites (N-methyl/N-ethyl adjacent to an activating group) is 2. The first-order valence-corrected chi connectivity index (χ1v) is 9.57. The summed E-state index contributed by atoms with van der Waals surface area (Å²) < 4.78 is 0. The number of aromatic nitrogens is 2. The first-order chi connectivity index (χ1) is 13.5. The summed E-state index contributed by atoms with van der Waals surface area (Å²) in [5, 5.41) is 0. The normalized spacial score (nSPS) is 12.1. The second kappa shape index (κ2) is 9.33. The molecule has 0 spiro atoms. The minimum absolute atomic E-state index is 0.212. The standard InChI is InChI=1S/C23H28N4O/c1-26(2)21(15-19-12-8-5-9-13-19)17-27(3)23-24-20(16-22(28)25-23)14-18-10-6-4-7-11-18/h4-13,16,21H,14-15,17H2,1-3H3,(H,24,25,28). The third-order valence-electron chi connectivity index (χ3n) is 4.91. The van der Waals surface area contributed by atoms with E-state index in [-0.39, 0.29) is 5.56 Å². The predicted molar refractivity (Wildman–Crippen MR) is 115 cm³/mol. The van der Waals surface area contributed by atoms with Crippen LogP contribution in [-0.4, -0.2) is 48.6 Å². The van der Waals surface area contributed by atoms with E-state index in [0.29, 0.717) is 18.4 Å². The molecule has 0 fully saturated rings. The Kier molecular flexibility index (Phi) is 6.61. The lowest BCUT2D eigenvalue weighted by atomic mass is 10.0. The van der Waals surface area contributed by atoms with Crippen LogP contribution < -0.4 is 10.5 Å². The van der Waals surface area contributed by atoms with E-state index >= 15 is 0 Å². The average Bonchev–Trinajstić information content (AvgIpc) is 2.68. The van der Waals surface area contributed by atoms with Crippen LogP contribution in [0.2, 0.25) is 0 Å². The molecule has 3 rings (SSSR count). The Morgan fingerprint density at radius 2 is 1.54 bits per heavy atom. The number of aromatic amines is 1. The SMILES string of the molecule is CN(CC(Cc1ccccc1)N(C)C)c1nc(=O)cc(Cc2ccccc2)[nH]1. The Balaban J connectivity index is 1.75. The van der Waals surface area contributed by atoms with Crippen molar-refractivity contribution >= 4 is 5.95 Å². The van der Waals surface area contributed by atoms with Crippen molar-refractivity contribution in [2.75, 3.05) is 32.6 Å². The summed E-state index contributed by atoms with van der Waals surface area (Å²) in [6.07, 6.45) is 1.62. The summed E-state index contributed by atoms with van der Waals surface area (Å²) in [4.78, 5) is 23.9. The number of nitrogens with zero attached hydrogens (tertiary/aromatic N) is 3. The van der Waals surface area contributed by atoms with Gasteiger partial charge in [0.15, 0.2) is 0 Å². The second-order valence-corrected chi connectivity index (χ2v) is 7.42. The summed E-state index contributed by atoms with van der Waals surface area (Å²) in [5.41, 5.74) is 3.12. The molecule has 28 heavy (non-hydrogen) atoms. The summed E-state index contributed by atoms with van der Waals surface area (Å²) in [7, 11) is 6.15. The fourth-order valence-electron chi connectivity index (χ4n) is 3.28. The van der Waals surface area contributed by atoms with Gasteiger partial charge < -0.3 is 14.8 Å². The van der Waals surface area contributed by atoms with Gasteiger partial charge in [-0.3, -0.25) is 4.79 Å². The quantitative estimate of drug-likeness (QED) is 0.657. The molecule has 5 nitrogen and oxygen atoms in total. The number of hydrogen-bond acceptors (Lipinski definition) is 4. The molecule has 0 aliphatic heterocycles. The molecule has 0 amide bonds. The van der Waals surface area contributed by atoms with Crippen LogP contribution >= 0.6 is 0 Å². The van der Waals surface area contributed by atoms with E-state index in [1.807, 2.05) is 36.2 Å². The van der Waals surface area contributed by atoms with Crippen molar-refractivity contribution in [2.24, 2.45) is 0 Å². The highest BCUT2D eigenvalue weighted by Crippen LogP contribution is 2.12. The van der Waals surface area contributed by atoms with E-state index in [1.165, 1.54) is 5.56 Å². The van der Waals surface area contributed by atoms with Crippen molar-refractivity contribution in [1.29, 1.82) is 0 Å². The molecule has 1 N–H and O–H groups in total. The third kappa shape index (κ3) is 5.54. The zero-order chi connectivity index (χ0) is 19.9. The van der Waals surface area contributed by atoms with Crippen LogP contribution in [-0.2, 0) is 12.8 Å². The third-order valence-corrected chi connectivity index (χ3v) is 4.91. The summed E-state index contributed by atoms with van der Waals surface area (Å²) >= 11 is 0. The van der Waals surface area contributed by atoms with Gasteiger partial charge in [0.25, 0.3) is 5.56 Å².